The van der Waals surface area contributed by atoms with Crippen LogP contribution in [0.3, 0.4) is 0 Å². The molecule has 132 valence electrons. The SMILES string of the molecule is COc1ccc2c(c1)[C@@H](N)CCN2S(=O)(=O)c1ccc([N+](=O)[O-])cc1. The van der Waals surface area contributed by atoms with Gasteiger partial charge < -0.3 is 10.5 Å². The second-order valence-corrected chi connectivity index (χ2v) is 7.51. The van der Waals surface area contributed by atoms with Gasteiger partial charge in [-0.2, -0.15) is 0 Å². The average Bonchev–Trinajstić information content (AvgIpc) is 2.61. The Kier molecular flexibility index (Phi) is 4.36. The van der Waals surface area contributed by atoms with E-state index < -0.39 is 14.9 Å². The van der Waals surface area contributed by atoms with E-state index in [-0.39, 0.29) is 23.2 Å². The third kappa shape index (κ3) is 3.03. The van der Waals surface area contributed by atoms with Gasteiger partial charge in [0.2, 0.25) is 0 Å². The number of rotatable bonds is 4. The number of sulfonamides is 1. The monoisotopic (exact) mass is 363 g/mol. The Labute approximate surface area is 145 Å². The maximum Gasteiger partial charge on any atom is 0.269 e. The van der Waals surface area contributed by atoms with E-state index in [1.807, 2.05) is 0 Å². The van der Waals surface area contributed by atoms with Crippen LogP contribution in [0, 0.1) is 10.1 Å². The largest absolute Gasteiger partial charge is 0.497 e. The fourth-order valence-electron chi connectivity index (χ4n) is 2.83. The molecule has 2 aromatic carbocycles. The molecule has 0 aromatic heterocycles. The number of ether oxygens (including phenoxy) is 1. The molecule has 0 saturated heterocycles. The van der Waals surface area contributed by atoms with Crippen molar-refractivity contribution >= 4 is 21.4 Å². The Morgan fingerprint density at radius 3 is 2.52 bits per heavy atom. The molecule has 0 radical (unpaired) electrons. The van der Waals surface area contributed by atoms with E-state index in [4.69, 9.17) is 10.5 Å². The van der Waals surface area contributed by atoms with Crippen molar-refractivity contribution in [3.8, 4) is 5.75 Å². The number of methoxy groups -OCH3 is 1. The minimum atomic E-state index is -3.85. The highest BCUT2D eigenvalue weighted by molar-refractivity contribution is 7.92. The standard InChI is InChI=1S/C16H17N3O5S/c1-24-12-4-7-16-14(10-12)15(17)8-9-18(16)25(22,23)13-5-2-11(3-6-13)19(20)21/h2-7,10,15H,8-9,17H2,1H3/t15-/m0/s1. The van der Waals surface area contributed by atoms with Crippen molar-refractivity contribution in [3.05, 3.63) is 58.1 Å². The second-order valence-electron chi connectivity index (χ2n) is 5.65. The summed E-state index contributed by atoms with van der Waals surface area (Å²) in [6.45, 7) is 0.236. The van der Waals surface area contributed by atoms with Gasteiger partial charge in [-0.15, -0.1) is 0 Å². The number of anilines is 1. The van der Waals surface area contributed by atoms with Crippen LogP contribution >= 0.6 is 0 Å². The first-order valence-electron chi connectivity index (χ1n) is 7.55. The van der Waals surface area contributed by atoms with Gasteiger partial charge in [-0.25, -0.2) is 8.42 Å². The molecular formula is C16H17N3O5S. The Balaban J connectivity index is 2.04. The molecule has 1 aliphatic rings. The maximum atomic E-state index is 13.0. The Morgan fingerprint density at radius 1 is 1.24 bits per heavy atom. The van der Waals surface area contributed by atoms with Gasteiger partial charge in [-0.3, -0.25) is 14.4 Å². The maximum absolute atomic E-state index is 13.0. The molecule has 25 heavy (non-hydrogen) atoms. The molecule has 0 saturated carbocycles. The van der Waals surface area contributed by atoms with E-state index in [1.165, 1.54) is 35.7 Å². The Hall–Kier alpha value is -2.65. The van der Waals surface area contributed by atoms with Gasteiger partial charge in [0.1, 0.15) is 5.75 Å². The molecular weight excluding hydrogens is 346 g/mol. The number of benzene rings is 2. The summed E-state index contributed by atoms with van der Waals surface area (Å²) < 4.78 is 32.4. The molecule has 2 aromatic rings. The number of nitrogens with two attached hydrogens (primary N) is 1. The van der Waals surface area contributed by atoms with E-state index in [1.54, 1.807) is 18.2 Å². The van der Waals surface area contributed by atoms with Gasteiger partial charge in [-0.05, 0) is 42.3 Å². The smallest absolute Gasteiger partial charge is 0.269 e. The van der Waals surface area contributed by atoms with Crippen LogP contribution in [0.4, 0.5) is 11.4 Å². The molecule has 8 nitrogen and oxygen atoms in total. The van der Waals surface area contributed by atoms with Gasteiger partial charge in [0.05, 0.1) is 22.6 Å². The zero-order valence-electron chi connectivity index (χ0n) is 13.5. The molecule has 1 atom stereocenters. The number of non-ortho nitro benzene ring substituents is 1. The lowest BCUT2D eigenvalue weighted by Gasteiger charge is -2.33. The molecule has 0 bridgehead atoms. The van der Waals surface area contributed by atoms with Crippen LogP contribution < -0.4 is 14.8 Å². The molecule has 1 aliphatic heterocycles. The molecule has 0 fully saturated rings. The summed E-state index contributed by atoms with van der Waals surface area (Å²) in [7, 11) is -2.32. The molecule has 3 rings (SSSR count). The van der Waals surface area contributed by atoms with Crippen molar-refractivity contribution in [1.82, 2.24) is 0 Å². The molecule has 2 N–H and O–H groups in total. The van der Waals surface area contributed by atoms with Crippen molar-refractivity contribution in [3.63, 3.8) is 0 Å². The van der Waals surface area contributed by atoms with Crippen molar-refractivity contribution in [2.45, 2.75) is 17.4 Å². The van der Waals surface area contributed by atoms with E-state index in [0.717, 1.165) is 0 Å². The molecule has 0 amide bonds. The first kappa shape index (κ1) is 17.2. The van der Waals surface area contributed by atoms with E-state index >= 15 is 0 Å². The first-order chi connectivity index (χ1) is 11.8. The average molecular weight is 363 g/mol. The van der Waals surface area contributed by atoms with E-state index in [9.17, 15) is 18.5 Å². The highest BCUT2D eigenvalue weighted by atomic mass is 32.2. The predicted molar refractivity (Wildman–Crippen MR) is 92.2 cm³/mol. The van der Waals surface area contributed by atoms with Crippen LogP contribution in [-0.4, -0.2) is 27.0 Å². The van der Waals surface area contributed by atoms with Crippen molar-refractivity contribution in [2.75, 3.05) is 18.0 Å². The number of hydrogen-bond donors (Lipinski definition) is 1. The quantitative estimate of drug-likeness (QED) is 0.657. The minimum Gasteiger partial charge on any atom is -0.497 e. The molecule has 0 spiro atoms. The second kappa shape index (κ2) is 6.34. The van der Waals surface area contributed by atoms with Crippen LogP contribution in [0.1, 0.15) is 18.0 Å². The number of nitro groups is 1. The van der Waals surface area contributed by atoms with Crippen LogP contribution in [0.25, 0.3) is 0 Å². The lowest BCUT2D eigenvalue weighted by atomic mass is 9.98. The number of nitrogens with zero attached hydrogens (tertiary/aromatic N) is 2. The third-order valence-electron chi connectivity index (χ3n) is 4.18. The normalized spacial score (nSPS) is 17.0. The van der Waals surface area contributed by atoms with Crippen molar-refractivity contribution in [2.24, 2.45) is 5.73 Å². The zero-order chi connectivity index (χ0) is 18.2. The molecule has 0 aliphatic carbocycles. The van der Waals surface area contributed by atoms with Gasteiger partial charge in [0, 0.05) is 24.7 Å². The van der Waals surface area contributed by atoms with Crippen LogP contribution in [0.5, 0.6) is 5.75 Å². The Bertz CT molecular complexity index is 912. The predicted octanol–water partition coefficient (Wildman–Crippen LogP) is 2.20. The van der Waals surface area contributed by atoms with Crippen molar-refractivity contribution in [1.29, 1.82) is 0 Å². The van der Waals surface area contributed by atoms with Crippen LogP contribution in [0.2, 0.25) is 0 Å². The van der Waals surface area contributed by atoms with Crippen molar-refractivity contribution < 1.29 is 18.1 Å². The summed E-state index contributed by atoms with van der Waals surface area (Å²) in [5, 5.41) is 10.7. The topological polar surface area (TPSA) is 116 Å². The van der Waals surface area contributed by atoms with E-state index in [0.29, 0.717) is 23.4 Å². The summed E-state index contributed by atoms with van der Waals surface area (Å²) in [6.07, 6.45) is 0.465. The minimum absolute atomic E-state index is 0.00432. The van der Waals surface area contributed by atoms with Gasteiger partial charge in [-0.1, -0.05) is 0 Å². The zero-order valence-corrected chi connectivity index (χ0v) is 14.3. The highest BCUT2D eigenvalue weighted by Crippen LogP contribution is 2.38. The van der Waals surface area contributed by atoms with Crippen LogP contribution in [0.15, 0.2) is 47.4 Å². The van der Waals surface area contributed by atoms with Crippen LogP contribution in [-0.2, 0) is 10.0 Å². The molecule has 1 heterocycles. The fraction of sp³-hybridized carbons (Fsp3) is 0.250. The van der Waals surface area contributed by atoms with Gasteiger partial charge in [0.15, 0.2) is 0 Å². The van der Waals surface area contributed by atoms with E-state index in [2.05, 4.69) is 0 Å². The highest BCUT2D eigenvalue weighted by Gasteiger charge is 2.32. The summed E-state index contributed by atoms with van der Waals surface area (Å²) >= 11 is 0. The summed E-state index contributed by atoms with van der Waals surface area (Å²) in [4.78, 5) is 10.2. The summed E-state index contributed by atoms with van der Waals surface area (Å²) in [6, 6.07) is 9.63. The summed E-state index contributed by atoms with van der Waals surface area (Å²) in [5.74, 6) is 0.601. The molecule has 0 unspecified atom stereocenters. The number of fused-ring (bicyclic) bond motifs is 1. The first-order valence-corrected chi connectivity index (χ1v) is 8.99. The summed E-state index contributed by atoms with van der Waals surface area (Å²) in [5.41, 5.74) is 7.14. The lowest BCUT2D eigenvalue weighted by Crippen LogP contribution is -2.38. The number of nitro benzene ring substituents is 1. The lowest BCUT2D eigenvalue weighted by molar-refractivity contribution is -0.384. The molecule has 9 heteroatoms. The Morgan fingerprint density at radius 2 is 1.92 bits per heavy atom. The van der Waals surface area contributed by atoms with Gasteiger partial charge in [0.25, 0.3) is 15.7 Å². The number of hydrogen-bond acceptors (Lipinski definition) is 6. The fourth-order valence-corrected chi connectivity index (χ4v) is 4.34. The third-order valence-corrected chi connectivity index (χ3v) is 6.01. The van der Waals surface area contributed by atoms with Gasteiger partial charge >= 0.3 is 0 Å².